The Balaban J connectivity index is 2.67. The number of anilines is 1. The maximum Gasteiger partial charge on any atom is 0.253 e. The highest BCUT2D eigenvalue weighted by molar-refractivity contribution is 5.96. The van der Waals surface area contributed by atoms with Crippen molar-refractivity contribution in [3.8, 4) is 0 Å². The van der Waals surface area contributed by atoms with E-state index in [-0.39, 0.29) is 18.2 Å². The van der Waals surface area contributed by atoms with E-state index in [1.165, 1.54) is 4.90 Å². The van der Waals surface area contributed by atoms with Crippen molar-refractivity contribution in [3.63, 3.8) is 0 Å². The largest absolute Gasteiger partial charge is 0.393 e. The Morgan fingerprint density at radius 3 is 2.63 bits per heavy atom. The van der Waals surface area contributed by atoms with Crippen LogP contribution in [0.4, 0.5) is 5.69 Å². The number of nitrogens with one attached hydrogen (secondary N) is 1. The molecule has 0 fully saturated rings. The third-order valence-corrected chi connectivity index (χ3v) is 2.59. The summed E-state index contributed by atoms with van der Waals surface area (Å²) in [6, 6.07) is 6.80. The molecule has 0 aliphatic carbocycles. The van der Waals surface area contributed by atoms with Crippen LogP contribution in [0.1, 0.15) is 30.1 Å². The first-order valence-electron chi connectivity index (χ1n) is 6.20. The first kappa shape index (κ1) is 15.2. The second-order valence-corrected chi connectivity index (χ2v) is 4.72. The maximum atomic E-state index is 11.8. The van der Waals surface area contributed by atoms with Crippen LogP contribution < -0.4 is 5.32 Å². The third-order valence-electron chi connectivity index (χ3n) is 2.59. The molecule has 1 aromatic rings. The van der Waals surface area contributed by atoms with E-state index >= 15 is 0 Å². The van der Waals surface area contributed by atoms with Crippen LogP contribution in [0.3, 0.4) is 0 Å². The Morgan fingerprint density at radius 1 is 1.37 bits per heavy atom. The van der Waals surface area contributed by atoms with Gasteiger partial charge in [0.1, 0.15) is 0 Å². The van der Waals surface area contributed by atoms with Crippen LogP contribution in [0, 0.1) is 0 Å². The van der Waals surface area contributed by atoms with E-state index in [9.17, 15) is 9.59 Å². The lowest BCUT2D eigenvalue weighted by molar-refractivity contribution is -0.116. The first-order chi connectivity index (χ1) is 8.90. The van der Waals surface area contributed by atoms with Crippen molar-refractivity contribution in [2.24, 2.45) is 0 Å². The van der Waals surface area contributed by atoms with Crippen LogP contribution in [-0.4, -0.2) is 42.0 Å². The highest BCUT2D eigenvalue weighted by atomic mass is 16.3. The number of carbonyl (C=O) groups is 2. The lowest BCUT2D eigenvalue weighted by Crippen LogP contribution is -2.22. The Hall–Kier alpha value is -1.88. The molecule has 1 rings (SSSR count). The van der Waals surface area contributed by atoms with Gasteiger partial charge >= 0.3 is 0 Å². The zero-order chi connectivity index (χ0) is 14.4. The monoisotopic (exact) mass is 264 g/mol. The SMILES string of the molecule is CC(O)CCC(=O)Nc1cccc(C(=O)N(C)C)c1. The summed E-state index contributed by atoms with van der Waals surface area (Å²) in [6.07, 6.45) is 0.179. The van der Waals surface area contributed by atoms with Crippen molar-refractivity contribution >= 4 is 17.5 Å². The molecule has 0 spiro atoms. The predicted octanol–water partition coefficient (Wildman–Crippen LogP) is 1.49. The number of hydrogen-bond acceptors (Lipinski definition) is 3. The van der Waals surface area contributed by atoms with Crippen LogP contribution in [0.5, 0.6) is 0 Å². The summed E-state index contributed by atoms with van der Waals surface area (Å²) in [5.41, 5.74) is 1.11. The molecule has 0 aliphatic rings. The minimum absolute atomic E-state index is 0.111. The van der Waals surface area contributed by atoms with Crippen LogP contribution in [0.25, 0.3) is 0 Å². The number of aliphatic hydroxyl groups is 1. The summed E-state index contributed by atoms with van der Waals surface area (Å²) in [4.78, 5) is 24.9. The molecule has 1 aromatic carbocycles. The van der Waals surface area contributed by atoms with E-state index in [1.807, 2.05) is 0 Å². The van der Waals surface area contributed by atoms with Gasteiger partial charge in [-0.05, 0) is 31.5 Å². The normalized spacial score (nSPS) is 11.8. The van der Waals surface area contributed by atoms with E-state index in [2.05, 4.69) is 5.32 Å². The molecule has 2 amide bonds. The van der Waals surface area contributed by atoms with Crippen molar-refractivity contribution < 1.29 is 14.7 Å². The van der Waals surface area contributed by atoms with Crippen LogP contribution >= 0.6 is 0 Å². The zero-order valence-electron chi connectivity index (χ0n) is 11.5. The lowest BCUT2D eigenvalue weighted by Gasteiger charge is -2.12. The van der Waals surface area contributed by atoms with Gasteiger partial charge in [-0.25, -0.2) is 0 Å². The molecular weight excluding hydrogens is 244 g/mol. The van der Waals surface area contributed by atoms with E-state index in [0.29, 0.717) is 17.7 Å². The fourth-order valence-electron chi connectivity index (χ4n) is 1.55. The van der Waals surface area contributed by atoms with E-state index in [0.717, 1.165) is 0 Å². The second kappa shape index (κ2) is 6.89. The van der Waals surface area contributed by atoms with Gasteiger partial charge in [-0.1, -0.05) is 6.07 Å². The molecule has 0 heterocycles. The number of amides is 2. The minimum Gasteiger partial charge on any atom is -0.393 e. The van der Waals surface area contributed by atoms with E-state index in [1.54, 1.807) is 45.3 Å². The summed E-state index contributed by atoms with van der Waals surface area (Å²) in [6.45, 7) is 1.64. The van der Waals surface area contributed by atoms with Crippen molar-refractivity contribution in [2.75, 3.05) is 19.4 Å². The number of rotatable bonds is 5. The number of nitrogens with zero attached hydrogens (tertiary/aromatic N) is 1. The molecule has 0 radical (unpaired) electrons. The van der Waals surface area contributed by atoms with Gasteiger partial charge in [0.25, 0.3) is 5.91 Å². The summed E-state index contributed by atoms with van der Waals surface area (Å²) >= 11 is 0. The second-order valence-electron chi connectivity index (χ2n) is 4.72. The fourth-order valence-corrected chi connectivity index (χ4v) is 1.55. The summed E-state index contributed by atoms with van der Waals surface area (Å²) < 4.78 is 0. The van der Waals surface area contributed by atoms with Gasteiger partial charge in [-0.2, -0.15) is 0 Å². The quantitative estimate of drug-likeness (QED) is 0.846. The Morgan fingerprint density at radius 2 is 2.05 bits per heavy atom. The standard InChI is InChI=1S/C14H20N2O3/c1-10(17)7-8-13(18)15-12-6-4-5-11(9-12)14(19)16(2)3/h4-6,9-10,17H,7-8H2,1-3H3,(H,15,18). The fraction of sp³-hybridized carbons (Fsp3) is 0.429. The molecule has 1 atom stereocenters. The lowest BCUT2D eigenvalue weighted by atomic mass is 10.1. The molecular formula is C14H20N2O3. The maximum absolute atomic E-state index is 11.8. The van der Waals surface area contributed by atoms with Crippen molar-refractivity contribution in [2.45, 2.75) is 25.9 Å². The molecule has 0 aromatic heterocycles. The average Bonchev–Trinajstić information content (AvgIpc) is 2.35. The number of benzene rings is 1. The van der Waals surface area contributed by atoms with Gasteiger partial charge in [0, 0.05) is 31.8 Å². The van der Waals surface area contributed by atoms with Gasteiger partial charge in [0.05, 0.1) is 6.10 Å². The molecule has 5 nitrogen and oxygen atoms in total. The van der Waals surface area contributed by atoms with E-state index < -0.39 is 6.10 Å². The summed E-state index contributed by atoms with van der Waals surface area (Å²) in [5.74, 6) is -0.282. The van der Waals surface area contributed by atoms with Crippen LogP contribution in [0.2, 0.25) is 0 Å². The molecule has 0 aliphatic heterocycles. The highest BCUT2D eigenvalue weighted by Crippen LogP contribution is 2.12. The predicted molar refractivity (Wildman–Crippen MR) is 74.0 cm³/mol. The smallest absolute Gasteiger partial charge is 0.253 e. The molecule has 0 bridgehead atoms. The van der Waals surface area contributed by atoms with Gasteiger partial charge in [-0.15, -0.1) is 0 Å². The summed E-state index contributed by atoms with van der Waals surface area (Å²) in [5, 5.41) is 11.8. The molecule has 0 saturated carbocycles. The zero-order valence-corrected chi connectivity index (χ0v) is 11.5. The first-order valence-corrected chi connectivity index (χ1v) is 6.20. The molecule has 19 heavy (non-hydrogen) atoms. The number of carbonyl (C=O) groups excluding carboxylic acids is 2. The molecule has 5 heteroatoms. The molecule has 2 N–H and O–H groups in total. The van der Waals surface area contributed by atoms with Gasteiger partial charge in [-0.3, -0.25) is 9.59 Å². The van der Waals surface area contributed by atoms with Crippen LogP contribution in [-0.2, 0) is 4.79 Å². The molecule has 104 valence electrons. The Kier molecular flexibility index (Phi) is 5.51. The molecule has 1 unspecified atom stereocenters. The highest BCUT2D eigenvalue weighted by Gasteiger charge is 2.09. The summed E-state index contributed by atoms with van der Waals surface area (Å²) in [7, 11) is 3.35. The number of aliphatic hydroxyl groups excluding tert-OH is 1. The number of hydrogen-bond donors (Lipinski definition) is 2. The van der Waals surface area contributed by atoms with Crippen molar-refractivity contribution in [1.82, 2.24) is 4.90 Å². The third kappa shape index (κ3) is 5.09. The molecule has 0 saturated heterocycles. The van der Waals surface area contributed by atoms with Crippen molar-refractivity contribution in [3.05, 3.63) is 29.8 Å². The minimum atomic E-state index is -0.493. The Labute approximate surface area is 113 Å². The van der Waals surface area contributed by atoms with Crippen molar-refractivity contribution in [1.29, 1.82) is 0 Å². The topological polar surface area (TPSA) is 69.6 Å². The Bertz CT molecular complexity index is 456. The van der Waals surface area contributed by atoms with Gasteiger partial charge in [0.15, 0.2) is 0 Å². The van der Waals surface area contributed by atoms with Gasteiger partial charge < -0.3 is 15.3 Å². The van der Waals surface area contributed by atoms with Gasteiger partial charge in [0.2, 0.25) is 5.91 Å². The van der Waals surface area contributed by atoms with Crippen LogP contribution in [0.15, 0.2) is 24.3 Å². The van der Waals surface area contributed by atoms with E-state index in [4.69, 9.17) is 5.11 Å². The average molecular weight is 264 g/mol.